The molecule has 0 saturated carbocycles. The zero-order valence-electron chi connectivity index (χ0n) is 15.3. The number of nitrogens with one attached hydrogen (secondary N) is 2. The van der Waals surface area contributed by atoms with Gasteiger partial charge in [0.1, 0.15) is 17.7 Å². The van der Waals surface area contributed by atoms with Crippen molar-refractivity contribution in [3.05, 3.63) is 66.1 Å². The van der Waals surface area contributed by atoms with Gasteiger partial charge in [0.05, 0.1) is 12.1 Å². The lowest BCUT2D eigenvalue weighted by Gasteiger charge is -2.10. The number of carbonyl (C=O) groups is 2. The number of rotatable bonds is 5. The first-order valence-corrected chi connectivity index (χ1v) is 9.10. The van der Waals surface area contributed by atoms with E-state index in [-0.39, 0.29) is 24.1 Å². The summed E-state index contributed by atoms with van der Waals surface area (Å²) in [7, 11) is 0. The monoisotopic (exact) mass is 378 g/mol. The summed E-state index contributed by atoms with van der Waals surface area (Å²) in [5.74, 6) is -0.330. The summed E-state index contributed by atoms with van der Waals surface area (Å²) >= 11 is 0. The van der Waals surface area contributed by atoms with Crippen LogP contribution in [0.3, 0.4) is 0 Å². The fourth-order valence-electron chi connectivity index (χ4n) is 3.39. The summed E-state index contributed by atoms with van der Waals surface area (Å²) in [5.41, 5.74) is 3.00. The van der Waals surface area contributed by atoms with Gasteiger partial charge in [-0.25, -0.2) is 9.07 Å². The summed E-state index contributed by atoms with van der Waals surface area (Å²) in [6, 6.07) is 14.4. The maximum Gasteiger partial charge on any atom is 0.251 e. The Morgan fingerprint density at radius 1 is 1.18 bits per heavy atom. The molecule has 1 aliphatic heterocycles. The SMILES string of the molecule is CCc1nn2c(c1-c1ccc(F)cc1)NC(=O)C2CC(=O)Nc1ccccc1. The highest BCUT2D eigenvalue weighted by Gasteiger charge is 2.36. The molecular formula is C21H19FN4O2. The fraction of sp³-hybridized carbons (Fsp3) is 0.190. The second kappa shape index (κ2) is 7.26. The number of anilines is 2. The third-order valence-electron chi connectivity index (χ3n) is 4.73. The number of carbonyl (C=O) groups excluding carboxylic acids is 2. The second-order valence-corrected chi connectivity index (χ2v) is 6.60. The molecule has 4 rings (SSSR count). The zero-order chi connectivity index (χ0) is 19.7. The van der Waals surface area contributed by atoms with E-state index in [9.17, 15) is 14.0 Å². The van der Waals surface area contributed by atoms with E-state index < -0.39 is 6.04 Å². The van der Waals surface area contributed by atoms with E-state index in [0.717, 1.165) is 16.8 Å². The lowest BCUT2D eigenvalue weighted by atomic mass is 10.0. The Bertz CT molecular complexity index is 1030. The van der Waals surface area contributed by atoms with Gasteiger partial charge >= 0.3 is 0 Å². The van der Waals surface area contributed by atoms with Gasteiger partial charge in [-0.15, -0.1) is 0 Å². The lowest BCUT2D eigenvalue weighted by molar-refractivity contribution is -0.123. The Balaban J connectivity index is 1.62. The van der Waals surface area contributed by atoms with Gasteiger partial charge in [-0.1, -0.05) is 37.3 Å². The third-order valence-corrected chi connectivity index (χ3v) is 4.73. The predicted molar refractivity (Wildman–Crippen MR) is 104 cm³/mol. The number of nitrogens with zero attached hydrogens (tertiary/aromatic N) is 2. The van der Waals surface area contributed by atoms with Crippen LogP contribution in [-0.2, 0) is 16.0 Å². The number of para-hydroxylation sites is 1. The molecule has 0 bridgehead atoms. The Morgan fingerprint density at radius 3 is 2.57 bits per heavy atom. The smallest absolute Gasteiger partial charge is 0.251 e. The van der Waals surface area contributed by atoms with Crippen LogP contribution in [0.25, 0.3) is 11.1 Å². The maximum absolute atomic E-state index is 13.3. The van der Waals surface area contributed by atoms with E-state index in [2.05, 4.69) is 15.7 Å². The van der Waals surface area contributed by atoms with Gasteiger partial charge in [0.2, 0.25) is 5.91 Å². The molecule has 28 heavy (non-hydrogen) atoms. The average molecular weight is 378 g/mol. The number of aryl methyl sites for hydroxylation is 1. The average Bonchev–Trinajstić information content (AvgIpc) is 3.19. The van der Waals surface area contributed by atoms with E-state index in [0.29, 0.717) is 17.9 Å². The molecule has 1 aliphatic rings. The number of hydrogen-bond acceptors (Lipinski definition) is 3. The number of fused-ring (bicyclic) bond motifs is 1. The molecular weight excluding hydrogens is 359 g/mol. The first-order chi connectivity index (χ1) is 13.6. The first-order valence-electron chi connectivity index (χ1n) is 9.10. The van der Waals surface area contributed by atoms with Crippen LogP contribution in [0.2, 0.25) is 0 Å². The molecule has 1 aromatic heterocycles. The van der Waals surface area contributed by atoms with Gasteiger partial charge in [-0.05, 0) is 36.2 Å². The van der Waals surface area contributed by atoms with Crippen molar-refractivity contribution in [1.29, 1.82) is 0 Å². The van der Waals surface area contributed by atoms with Crippen LogP contribution in [0.4, 0.5) is 15.9 Å². The van der Waals surface area contributed by atoms with E-state index in [1.807, 2.05) is 25.1 Å². The number of amides is 2. The Kier molecular flexibility index (Phi) is 4.65. The van der Waals surface area contributed by atoms with Gasteiger partial charge in [-0.2, -0.15) is 5.10 Å². The minimum atomic E-state index is -0.724. The molecule has 2 aromatic carbocycles. The quantitative estimate of drug-likeness (QED) is 0.710. The Labute approximate surface area is 161 Å². The van der Waals surface area contributed by atoms with Crippen molar-refractivity contribution in [2.24, 2.45) is 0 Å². The Morgan fingerprint density at radius 2 is 1.89 bits per heavy atom. The number of halogens is 1. The first kappa shape index (κ1) is 17.9. The van der Waals surface area contributed by atoms with Gasteiger partial charge in [0.25, 0.3) is 5.91 Å². The van der Waals surface area contributed by atoms with Crippen molar-refractivity contribution >= 4 is 23.3 Å². The van der Waals surface area contributed by atoms with E-state index in [1.54, 1.807) is 28.9 Å². The fourth-order valence-corrected chi connectivity index (χ4v) is 3.39. The summed E-state index contributed by atoms with van der Waals surface area (Å²) in [4.78, 5) is 24.9. The highest BCUT2D eigenvalue weighted by molar-refractivity contribution is 6.04. The van der Waals surface area contributed by atoms with Crippen LogP contribution in [0.5, 0.6) is 0 Å². The normalized spacial score (nSPS) is 15.2. The molecule has 0 aliphatic carbocycles. The standard InChI is InChI=1S/C21H19FN4O2/c1-2-16-19(13-8-10-14(22)11-9-13)20-24-21(28)17(26(20)25-16)12-18(27)23-15-6-4-3-5-7-15/h3-11,17H,2,12H2,1H3,(H,23,27)(H,24,28). The molecule has 2 heterocycles. The molecule has 1 unspecified atom stereocenters. The molecule has 0 radical (unpaired) electrons. The second-order valence-electron chi connectivity index (χ2n) is 6.60. The number of hydrogen-bond donors (Lipinski definition) is 2. The van der Waals surface area contributed by atoms with Crippen molar-refractivity contribution in [2.75, 3.05) is 10.6 Å². The number of benzene rings is 2. The molecule has 6 nitrogen and oxygen atoms in total. The highest BCUT2D eigenvalue weighted by atomic mass is 19.1. The van der Waals surface area contributed by atoms with Gasteiger partial charge in [0.15, 0.2) is 0 Å². The van der Waals surface area contributed by atoms with Crippen molar-refractivity contribution < 1.29 is 14.0 Å². The van der Waals surface area contributed by atoms with Gasteiger partial charge in [0, 0.05) is 11.3 Å². The van der Waals surface area contributed by atoms with Gasteiger partial charge in [-0.3, -0.25) is 9.59 Å². The van der Waals surface area contributed by atoms with Crippen molar-refractivity contribution in [1.82, 2.24) is 9.78 Å². The molecule has 0 spiro atoms. The predicted octanol–water partition coefficient (Wildman–Crippen LogP) is 3.77. The zero-order valence-corrected chi connectivity index (χ0v) is 15.3. The highest BCUT2D eigenvalue weighted by Crippen LogP contribution is 2.38. The summed E-state index contributed by atoms with van der Waals surface area (Å²) < 4.78 is 14.9. The minimum absolute atomic E-state index is 0.0264. The van der Waals surface area contributed by atoms with Crippen molar-refractivity contribution in [3.8, 4) is 11.1 Å². The largest absolute Gasteiger partial charge is 0.326 e. The van der Waals surface area contributed by atoms with Crippen molar-refractivity contribution in [3.63, 3.8) is 0 Å². The van der Waals surface area contributed by atoms with E-state index >= 15 is 0 Å². The molecule has 0 saturated heterocycles. The van der Waals surface area contributed by atoms with Crippen LogP contribution in [0.15, 0.2) is 54.6 Å². The molecule has 142 valence electrons. The lowest BCUT2D eigenvalue weighted by Crippen LogP contribution is -2.23. The maximum atomic E-state index is 13.3. The van der Waals surface area contributed by atoms with Crippen molar-refractivity contribution in [2.45, 2.75) is 25.8 Å². The topological polar surface area (TPSA) is 76.0 Å². The summed E-state index contributed by atoms with van der Waals surface area (Å²) in [6.45, 7) is 1.96. The molecule has 1 atom stereocenters. The van der Waals surface area contributed by atoms with Crippen LogP contribution in [0, 0.1) is 5.82 Å². The number of aromatic nitrogens is 2. The van der Waals surface area contributed by atoms with Crippen LogP contribution in [-0.4, -0.2) is 21.6 Å². The molecule has 2 amide bonds. The van der Waals surface area contributed by atoms with Crippen LogP contribution in [0.1, 0.15) is 25.1 Å². The minimum Gasteiger partial charge on any atom is -0.326 e. The molecule has 7 heteroatoms. The van der Waals surface area contributed by atoms with Crippen LogP contribution >= 0.6 is 0 Å². The van der Waals surface area contributed by atoms with Crippen LogP contribution < -0.4 is 10.6 Å². The van der Waals surface area contributed by atoms with E-state index in [4.69, 9.17) is 0 Å². The van der Waals surface area contributed by atoms with Gasteiger partial charge < -0.3 is 10.6 Å². The summed E-state index contributed by atoms with van der Waals surface area (Å²) in [6.07, 6.45) is 0.618. The third kappa shape index (κ3) is 3.26. The molecule has 3 aromatic rings. The molecule has 0 fully saturated rings. The van der Waals surface area contributed by atoms with E-state index in [1.165, 1.54) is 12.1 Å². The Hall–Kier alpha value is -3.48. The molecule has 2 N–H and O–H groups in total. The summed E-state index contributed by atoms with van der Waals surface area (Å²) in [5, 5.41) is 10.2.